The molecular formula is C24H32ClN9O3S2. The number of thioether (sulfide) groups is 1. The topological polar surface area (TPSA) is 138 Å². The van der Waals surface area contributed by atoms with E-state index in [9.17, 15) is 8.42 Å². The Labute approximate surface area is 238 Å². The second-order valence-corrected chi connectivity index (χ2v) is 11.6. The van der Waals surface area contributed by atoms with Gasteiger partial charge in [0, 0.05) is 45.5 Å². The van der Waals surface area contributed by atoms with Crippen LogP contribution in [-0.2, 0) is 21.4 Å². The quantitative estimate of drug-likeness (QED) is 0.131. The van der Waals surface area contributed by atoms with Gasteiger partial charge in [-0.15, -0.1) is 16.6 Å². The second kappa shape index (κ2) is 13.2. The number of pyridine rings is 2. The van der Waals surface area contributed by atoms with Crippen LogP contribution < -0.4 is 14.9 Å². The summed E-state index contributed by atoms with van der Waals surface area (Å²) in [4.78, 5) is 22.7. The minimum atomic E-state index is -3.90. The third-order valence-electron chi connectivity index (χ3n) is 5.71. The van der Waals surface area contributed by atoms with Crippen LogP contribution in [0.25, 0.3) is 11.3 Å². The lowest BCUT2D eigenvalue weighted by molar-refractivity contribution is 0.0384. The third-order valence-corrected chi connectivity index (χ3v) is 7.74. The van der Waals surface area contributed by atoms with E-state index in [1.165, 1.54) is 23.0 Å². The Balaban J connectivity index is 1.65. The van der Waals surface area contributed by atoms with Crippen molar-refractivity contribution in [3.8, 4) is 11.3 Å². The van der Waals surface area contributed by atoms with E-state index in [2.05, 4.69) is 40.8 Å². The first-order valence-corrected chi connectivity index (χ1v) is 15.3. The zero-order valence-corrected chi connectivity index (χ0v) is 24.6. The van der Waals surface area contributed by atoms with Crippen molar-refractivity contribution in [2.24, 2.45) is 0 Å². The number of nitrogens with one attached hydrogen (secondary N) is 3. The van der Waals surface area contributed by atoms with Crippen LogP contribution in [-0.4, -0.2) is 91.5 Å². The number of morpholine rings is 1. The van der Waals surface area contributed by atoms with Gasteiger partial charge in [0.2, 0.25) is 0 Å². The fraction of sp³-hybridized carbons (Fsp3) is 0.417. The lowest BCUT2D eigenvalue weighted by Gasteiger charge is -2.26. The van der Waals surface area contributed by atoms with Crippen LogP contribution in [0, 0.1) is 6.92 Å². The van der Waals surface area contributed by atoms with Crippen molar-refractivity contribution in [2.45, 2.75) is 18.4 Å². The molecule has 1 aliphatic rings. The first-order valence-electron chi connectivity index (χ1n) is 12.2. The summed E-state index contributed by atoms with van der Waals surface area (Å²) in [6.45, 7) is 6.10. The van der Waals surface area contributed by atoms with Gasteiger partial charge in [0.1, 0.15) is 16.7 Å². The van der Waals surface area contributed by atoms with Gasteiger partial charge in [-0.25, -0.2) is 24.9 Å². The molecule has 4 rings (SSSR count). The molecule has 1 fully saturated rings. The zero-order valence-electron chi connectivity index (χ0n) is 22.2. The smallest absolute Gasteiger partial charge is 0.312 e. The molecular weight excluding hydrogens is 562 g/mol. The number of halogens is 1. The summed E-state index contributed by atoms with van der Waals surface area (Å²) >= 11 is 7.72. The first kappa shape index (κ1) is 29.4. The summed E-state index contributed by atoms with van der Waals surface area (Å²) in [5.74, 6) is 1.19. The highest BCUT2D eigenvalue weighted by Gasteiger charge is 2.17. The standard InChI is InChI=1S/C24H32ClN9O3S2/c1-16-28-20(13-22(29-16)38-4)19-11-17(5-6-34-7-9-37-10-8-34)14-27-24(19)30-18-12-21(23(25)26-15-18)31-39(35,36)32-33(2)3/h11-15,31-32H,5-10H2,1-4H3,(H,27,30). The van der Waals surface area contributed by atoms with Gasteiger partial charge in [0.15, 0.2) is 5.15 Å². The Morgan fingerprint density at radius 3 is 2.62 bits per heavy atom. The summed E-state index contributed by atoms with van der Waals surface area (Å²) in [6, 6.07) is 5.56. The molecule has 0 radical (unpaired) electrons. The van der Waals surface area contributed by atoms with Crippen molar-refractivity contribution in [3.05, 3.63) is 47.1 Å². The highest BCUT2D eigenvalue weighted by molar-refractivity contribution is 7.98. The van der Waals surface area contributed by atoms with E-state index in [1.807, 2.05) is 25.4 Å². The van der Waals surface area contributed by atoms with E-state index in [0.29, 0.717) is 17.3 Å². The number of nitrogens with zero attached hydrogens (tertiary/aromatic N) is 6. The van der Waals surface area contributed by atoms with Gasteiger partial charge in [0.05, 0.1) is 36.5 Å². The lowest BCUT2D eigenvalue weighted by atomic mass is 10.1. The molecule has 210 valence electrons. The molecule has 3 aromatic rings. The van der Waals surface area contributed by atoms with Crippen molar-refractivity contribution in [2.75, 3.05) is 63.2 Å². The van der Waals surface area contributed by atoms with Crippen LogP contribution in [0.5, 0.6) is 0 Å². The molecule has 15 heteroatoms. The molecule has 1 saturated heterocycles. The van der Waals surface area contributed by atoms with Crippen LogP contribution in [0.2, 0.25) is 5.15 Å². The van der Waals surface area contributed by atoms with Crippen molar-refractivity contribution >= 4 is 50.8 Å². The normalized spacial score (nSPS) is 14.5. The predicted molar refractivity (Wildman–Crippen MR) is 155 cm³/mol. The Kier molecular flexibility index (Phi) is 9.93. The van der Waals surface area contributed by atoms with Crippen LogP contribution >= 0.6 is 23.4 Å². The summed E-state index contributed by atoms with van der Waals surface area (Å²) in [7, 11) is -0.781. The van der Waals surface area contributed by atoms with Crippen molar-refractivity contribution in [1.82, 2.24) is 34.7 Å². The van der Waals surface area contributed by atoms with Crippen LogP contribution in [0.1, 0.15) is 11.4 Å². The van der Waals surface area contributed by atoms with Gasteiger partial charge >= 0.3 is 10.2 Å². The van der Waals surface area contributed by atoms with Gasteiger partial charge in [-0.05, 0) is 43.4 Å². The zero-order chi connectivity index (χ0) is 28.0. The maximum atomic E-state index is 12.4. The number of ether oxygens (including phenoxy) is 1. The van der Waals surface area contributed by atoms with Gasteiger partial charge in [-0.3, -0.25) is 9.62 Å². The van der Waals surface area contributed by atoms with E-state index in [1.54, 1.807) is 20.2 Å². The molecule has 0 aliphatic carbocycles. The molecule has 0 spiro atoms. The van der Waals surface area contributed by atoms with E-state index in [4.69, 9.17) is 21.3 Å². The molecule has 0 unspecified atom stereocenters. The predicted octanol–water partition coefficient (Wildman–Crippen LogP) is 2.96. The minimum Gasteiger partial charge on any atom is -0.379 e. The molecule has 0 bridgehead atoms. The average molecular weight is 594 g/mol. The third kappa shape index (κ3) is 8.45. The van der Waals surface area contributed by atoms with E-state index >= 15 is 0 Å². The summed E-state index contributed by atoms with van der Waals surface area (Å²) < 4.78 is 32.6. The molecule has 0 aromatic carbocycles. The highest BCUT2D eigenvalue weighted by Crippen LogP contribution is 2.32. The van der Waals surface area contributed by atoms with Crippen molar-refractivity contribution in [3.63, 3.8) is 0 Å². The Hall–Kier alpha value is -2.59. The molecule has 3 N–H and O–H groups in total. The van der Waals surface area contributed by atoms with Crippen LogP contribution in [0.15, 0.2) is 35.6 Å². The summed E-state index contributed by atoms with van der Waals surface area (Å²) in [5, 5.41) is 5.42. The molecule has 0 atom stereocenters. The average Bonchev–Trinajstić information content (AvgIpc) is 2.89. The Morgan fingerprint density at radius 1 is 1.13 bits per heavy atom. The van der Waals surface area contributed by atoms with Crippen molar-refractivity contribution in [1.29, 1.82) is 0 Å². The largest absolute Gasteiger partial charge is 0.379 e. The molecule has 3 aromatic heterocycles. The Morgan fingerprint density at radius 2 is 1.90 bits per heavy atom. The molecule has 0 saturated carbocycles. The SMILES string of the molecule is CSc1cc(-c2cc(CCN3CCOCC3)cnc2Nc2cnc(Cl)c(NS(=O)(=O)NN(C)C)c2)nc(C)n1. The van der Waals surface area contributed by atoms with Crippen molar-refractivity contribution < 1.29 is 13.2 Å². The molecule has 0 amide bonds. The number of aromatic nitrogens is 4. The van der Waals surface area contributed by atoms with E-state index < -0.39 is 10.2 Å². The molecule has 12 nitrogen and oxygen atoms in total. The number of hydrazine groups is 1. The maximum absolute atomic E-state index is 12.4. The first-order chi connectivity index (χ1) is 18.6. The number of hydrogen-bond donors (Lipinski definition) is 3. The number of hydrogen-bond acceptors (Lipinski definition) is 11. The number of aryl methyl sites for hydroxylation is 1. The van der Waals surface area contributed by atoms with E-state index in [0.717, 1.165) is 61.1 Å². The molecule has 4 heterocycles. The van der Waals surface area contributed by atoms with Gasteiger partial charge < -0.3 is 10.1 Å². The van der Waals surface area contributed by atoms with Gasteiger partial charge in [-0.2, -0.15) is 8.42 Å². The van der Waals surface area contributed by atoms with Crippen LogP contribution in [0.4, 0.5) is 17.2 Å². The number of rotatable bonds is 11. The molecule has 39 heavy (non-hydrogen) atoms. The summed E-state index contributed by atoms with van der Waals surface area (Å²) in [6.07, 6.45) is 6.14. The lowest BCUT2D eigenvalue weighted by Crippen LogP contribution is -2.40. The fourth-order valence-corrected chi connectivity index (χ4v) is 5.60. The summed E-state index contributed by atoms with van der Waals surface area (Å²) in [5.41, 5.74) is 3.20. The van der Waals surface area contributed by atoms with E-state index in [-0.39, 0.29) is 10.8 Å². The maximum Gasteiger partial charge on any atom is 0.312 e. The second-order valence-electron chi connectivity index (χ2n) is 9.07. The van der Waals surface area contributed by atoms with Crippen LogP contribution in [0.3, 0.4) is 0 Å². The minimum absolute atomic E-state index is 0.00682. The number of anilines is 3. The Bertz CT molecular complexity index is 1400. The highest BCUT2D eigenvalue weighted by atomic mass is 35.5. The van der Waals surface area contributed by atoms with Gasteiger partial charge in [-0.1, -0.05) is 11.6 Å². The van der Waals surface area contributed by atoms with Gasteiger partial charge in [0.25, 0.3) is 0 Å². The molecule has 1 aliphatic heterocycles. The fourth-order valence-electron chi connectivity index (χ4n) is 3.97. The monoisotopic (exact) mass is 593 g/mol.